The Labute approximate surface area is 151 Å². The van der Waals surface area contributed by atoms with E-state index >= 15 is 0 Å². The summed E-state index contributed by atoms with van der Waals surface area (Å²) in [5.41, 5.74) is 3.67. The van der Waals surface area contributed by atoms with Gasteiger partial charge in [0.15, 0.2) is 11.5 Å². The van der Waals surface area contributed by atoms with Gasteiger partial charge in [0, 0.05) is 18.8 Å². The summed E-state index contributed by atoms with van der Waals surface area (Å²) in [5.74, 6) is 0.474. The molecule has 4 rings (SSSR count). The van der Waals surface area contributed by atoms with E-state index in [1.54, 1.807) is 10.7 Å². The average molecular weight is 342 g/mol. The molecule has 0 atom stereocenters. The van der Waals surface area contributed by atoms with E-state index in [1.165, 1.54) is 0 Å². The largest absolute Gasteiger partial charge is 0.309 e. The average Bonchev–Trinajstić information content (AvgIpc) is 3.05. The number of nitrogens with zero attached hydrogens (tertiary/aromatic N) is 3. The maximum absolute atomic E-state index is 12.5. The van der Waals surface area contributed by atoms with Crippen molar-refractivity contribution in [2.75, 3.05) is 5.32 Å². The maximum atomic E-state index is 12.5. The Morgan fingerprint density at radius 1 is 0.962 bits per heavy atom. The molecule has 2 aromatic carbocycles. The number of carbonyl (C=O) groups is 1. The van der Waals surface area contributed by atoms with Crippen LogP contribution in [0.5, 0.6) is 0 Å². The summed E-state index contributed by atoms with van der Waals surface area (Å²) in [4.78, 5) is 16.9. The summed E-state index contributed by atoms with van der Waals surface area (Å²) in [6, 6.07) is 21.7. The molecule has 1 N–H and O–H groups in total. The normalized spacial score (nSPS) is 10.8. The molecule has 128 valence electrons. The van der Waals surface area contributed by atoms with E-state index in [9.17, 15) is 4.79 Å². The molecule has 5 heteroatoms. The van der Waals surface area contributed by atoms with Gasteiger partial charge in [0.2, 0.25) is 5.91 Å². The number of amides is 1. The first-order valence-electron chi connectivity index (χ1n) is 8.54. The highest BCUT2D eigenvalue weighted by atomic mass is 16.1. The molecule has 1 amide bonds. The second-order valence-corrected chi connectivity index (χ2v) is 6.01. The van der Waals surface area contributed by atoms with Gasteiger partial charge in [-0.25, -0.2) is 9.50 Å². The number of fused-ring (bicyclic) bond motifs is 1. The standard InChI is InChI=1S/C21H18N4O/c26-18(13-12-16-8-3-1-4-9-16)23-20-19(17-10-5-2-6-11-17)21-22-14-7-15-25(21)24-20/h1-11,14-15H,12-13H2,(H,23,24,26). The third-order valence-electron chi connectivity index (χ3n) is 4.20. The first-order valence-corrected chi connectivity index (χ1v) is 8.54. The number of aromatic nitrogens is 3. The molecular formula is C21H18N4O. The molecule has 0 unspecified atom stereocenters. The van der Waals surface area contributed by atoms with E-state index in [-0.39, 0.29) is 5.91 Å². The van der Waals surface area contributed by atoms with Gasteiger partial charge in [0.05, 0.1) is 5.56 Å². The first kappa shape index (κ1) is 16.0. The van der Waals surface area contributed by atoms with Crippen LogP contribution in [-0.4, -0.2) is 20.5 Å². The number of hydrogen-bond acceptors (Lipinski definition) is 3. The highest BCUT2D eigenvalue weighted by Crippen LogP contribution is 2.30. The Morgan fingerprint density at radius 3 is 2.46 bits per heavy atom. The third-order valence-corrected chi connectivity index (χ3v) is 4.20. The Balaban J connectivity index is 1.61. The van der Waals surface area contributed by atoms with Crippen LogP contribution in [0.15, 0.2) is 79.1 Å². The lowest BCUT2D eigenvalue weighted by Gasteiger charge is -2.05. The van der Waals surface area contributed by atoms with E-state index < -0.39 is 0 Å². The lowest BCUT2D eigenvalue weighted by Crippen LogP contribution is -2.13. The van der Waals surface area contributed by atoms with Gasteiger partial charge in [0.25, 0.3) is 0 Å². The summed E-state index contributed by atoms with van der Waals surface area (Å²) in [7, 11) is 0. The number of aryl methyl sites for hydroxylation is 1. The van der Waals surface area contributed by atoms with Crippen LogP contribution in [0.4, 0.5) is 5.82 Å². The molecule has 2 heterocycles. The molecule has 2 aromatic heterocycles. The van der Waals surface area contributed by atoms with E-state index in [4.69, 9.17) is 0 Å². The van der Waals surface area contributed by atoms with Gasteiger partial charge in [-0.15, -0.1) is 5.10 Å². The van der Waals surface area contributed by atoms with Crippen LogP contribution in [0.2, 0.25) is 0 Å². The van der Waals surface area contributed by atoms with Crippen LogP contribution >= 0.6 is 0 Å². The number of nitrogens with one attached hydrogen (secondary N) is 1. The van der Waals surface area contributed by atoms with Gasteiger partial charge in [-0.2, -0.15) is 0 Å². The molecular weight excluding hydrogens is 324 g/mol. The van der Waals surface area contributed by atoms with Gasteiger partial charge >= 0.3 is 0 Å². The molecule has 0 bridgehead atoms. The van der Waals surface area contributed by atoms with Crippen molar-refractivity contribution < 1.29 is 4.79 Å². The molecule has 0 saturated carbocycles. The summed E-state index contributed by atoms with van der Waals surface area (Å²) >= 11 is 0. The predicted octanol–water partition coefficient (Wildman–Crippen LogP) is 3.97. The summed E-state index contributed by atoms with van der Waals surface area (Å²) in [5, 5.41) is 7.46. The molecule has 4 aromatic rings. The quantitative estimate of drug-likeness (QED) is 0.597. The van der Waals surface area contributed by atoms with Crippen LogP contribution in [0, 0.1) is 0 Å². The molecule has 0 saturated heterocycles. The van der Waals surface area contributed by atoms with Crippen molar-refractivity contribution in [1.29, 1.82) is 0 Å². The van der Waals surface area contributed by atoms with Crippen LogP contribution in [0.1, 0.15) is 12.0 Å². The lowest BCUT2D eigenvalue weighted by molar-refractivity contribution is -0.116. The van der Waals surface area contributed by atoms with Gasteiger partial charge in [-0.1, -0.05) is 60.7 Å². The predicted molar refractivity (Wildman–Crippen MR) is 102 cm³/mol. The van der Waals surface area contributed by atoms with Crippen molar-refractivity contribution in [1.82, 2.24) is 14.6 Å². The number of benzene rings is 2. The fraction of sp³-hybridized carbons (Fsp3) is 0.0952. The first-order chi connectivity index (χ1) is 12.8. The molecule has 0 aliphatic heterocycles. The number of carbonyl (C=O) groups excluding carboxylic acids is 1. The maximum Gasteiger partial charge on any atom is 0.225 e. The van der Waals surface area contributed by atoms with E-state index in [2.05, 4.69) is 15.4 Å². The number of anilines is 1. The monoisotopic (exact) mass is 342 g/mol. The van der Waals surface area contributed by atoms with Gasteiger partial charge in [0.1, 0.15) is 0 Å². The van der Waals surface area contributed by atoms with E-state index in [0.717, 1.165) is 22.3 Å². The SMILES string of the molecule is O=C(CCc1ccccc1)Nc1nn2cccnc2c1-c1ccccc1. The zero-order valence-corrected chi connectivity index (χ0v) is 14.2. The topological polar surface area (TPSA) is 59.3 Å². The molecule has 5 nitrogen and oxygen atoms in total. The van der Waals surface area contributed by atoms with Crippen molar-refractivity contribution in [3.8, 4) is 11.1 Å². The van der Waals surface area contributed by atoms with Crippen molar-refractivity contribution >= 4 is 17.4 Å². The molecule has 0 aliphatic rings. The highest BCUT2D eigenvalue weighted by molar-refractivity contribution is 5.97. The van der Waals surface area contributed by atoms with Gasteiger partial charge in [-0.05, 0) is 23.6 Å². The Bertz CT molecular complexity index is 1030. The number of hydrogen-bond donors (Lipinski definition) is 1. The molecule has 26 heavy (non-hydrogen) atoms. The van der Waals surface area contributed by atoms with Crippen LogP contribution in [-0.2, 0) is 11.2 Å². The summed E-state index contributed by atoms with van der Waals surface area (Å²) in [6.07, 6.45) is 4.65. The zero-order valence-electron chi connectivity index (χ0n) is 14.2. The number of rotatable bonds is 5. The molecule has 0 fully saturated rings. The van der Waals surface area contributed by atoms with Crippen molar-refractivity contribution in [2.24, 2.45) is 0 Å². The van der Waals surface area contributed by atoms with E-state index in [1.807, 2.05) is 72.9 Å². The third kappa shape index (κ3) is 3.32. The highest BCUT2D eigenvalue weighted by Gasteiger charge is 2.17. The fourth-order valence-corrected chi connectivity index (χ4v) is 2.94. The Kier molecular flexibility index (Phi) is 4.43. The van der Waals surface area contributed by atoms with Gasteiger partial charge < -0.3 is 5.32 Å². The minimum Gasteiger partial charge on any atom is -0.309 e. The fourth-order valence-electron chi connectivity index (χ4n) is 2.94. The minimum atomic E-state index is -0.0607. The Morgan fingerprint density at radius 2 is 1.69 bits per heavy atom. The minimum absolute atomic E-state index is 0.0607. The lowest BCUT2D eigenvalue weighted by atomic mass is 10.1. The summed E-state index contributed by atoms with van der Waals surface area (Å²) in [6.45, 7) is 0. The molecule has 0 spiro atoms. The van der Waals surface area contributed by atoms with Crippen LogP contribution < -0.4 is 5.32 Å². The zero-order chi connectivity index (χ0) is 17.8. The Hall–Kier alpha value is -3.47. The summed E-state index contributed by atoms with van der Waals surface area (Å²) < 4.78 is 1.69. The van der Waals surface area contributed by atoms with Crippen LogP contribution in [0.3, 0.4) is 0 Å². The van der Waals surface area contributed by atoms with Gasteiger partial charge in [-0.3, -0.25) is 4.79 Å². The second-order valence-electron chi connectivity index (χ2n) is 6.01. The molecule has 0 radical (unpaired) electrons. The van der Waals surface area contributed by atoms with Crippen molar-refractivity contribution in [3.05, 3.63) is 84.7 Å². The van der Waals surface area contributed by atoms with Crippen molar-refractivity contribution in [3.63, 3.8) is 0 Å². The smallest absolute Gasteiger partial charge is 0.225 e. The molecule has 0 aliphatic carbocycles. The second kappa shape index (κ2) is 7.19. The van der Waals surface area contributed by atoms with Crippen molar-refractivity contribution in [2.45, 2.75) is 12.8 Å². The van der Waals surface area contributed by atoms with Crippen LogP contribution in [0.25, 0.3) is 16.8 Å². The van der Waals surface area contributed by atoms with E-state index in [0.29, 0.717) is 18.7 Å².